The van der Waals surface area contributed by atoms with Gasteiger partial charge in [-0.05, 0) is 68.0 Å². The Morgan fingerprint density at radius 3 is 2.46 bits per heavy atom. The second-order valence-corrected chi connectivity index (χ2v) is 7.59. The maximum atomic E-state index is 12.0. The number of ether oxygens (including phenoxy) is 1. The molecule has 150 valence electrons. The van der Waals surface area contributed by atoms with Gasteiger partial charge in [0.05, 0.1) is 0 Å². The summed E-state index contributed by atoms with van der Waals surface area (Å²) in [6.45, 7) is 7.04. The van der Waals surface area contributed by atoms with Crippen molar-refractivity contribution in [3.63, 3.8) is 0 Å². The SMILES string of the molecule is CCCN(CCC)[C@H]1CCc2c(ccc(OCc3ccccc3)c2C(=O)O)C1. The average Bonchev–Trinajstić information content (AvgIpc) is 2.71. The summed E-state index contributed by atoms with van der Waals surface area (Å²) in [6.07, 6.45) is 5.03. The third-order valence-corrected chi connectivity index (χ3v) is 5.54. The number of benzene rings is 2. The zero-order valence-electron chi connectivity index (χ0n) is 17.0. The number of carboxylic acids is 1. The molecular formula is C24H31NO3. The van der Waals surface area contributed by atoms with Gasteiger partial charge in [-0.3, -0.25) is 0 Å². The van der Waals surface area contributed by atoms with Gasteiger partial charge in [0, 0.05) is 6.04 Å². The lowest BCUT2D eigenvalue weighted by Crippen LogP contribution is -2.40. The molecule has 0 bridgehead atoms. The maximum Gasteiger partial charge on any atom is 0.339 e. The molecule has 4 heteroatoms. The van der Waals surface area contributed by atoms with E-state index >= 15 is 0 Å². The summed E-state index contributed by atoms with van der Waals surface area (Å²) in [4.78, 5) is 14.6. The molecule has 1 aliphatic rings. The first-order valence-electron chi connectivity index (χ1n) is 10.4. The Morgan fingerprint density at radius 1 is 1.11 bits per heavy atom. The fourth-order valence-electron chi connectivity index (χ4n) is 4.27. The highest BCUT2D eigenvalue weighted by molar-refractivity contribution is 5.93. The van der Waals surface area contributed by atoms with Crippen LogP contribution in [0.15, 0.2) is 42.5 Å². The number of aromatic carboxylic acids is 1. The molecule has 3 rings (SSSR count). The minimum Gasteiger partial charge on any atom is -0.488 e. The molecule has 4 nitrogen and oxygen atoms in total. The van der Waals surface area contributed by atoms with Crippen LogP contribution in [0.5, 0.6) is 5.75 Å². The van der Waals surface area contributed by atoms with Crippen molar-refractivity contribution in [2.45, 2.75) is 58.6 Å². The molecule has 0 spiro atoms. The molecule has 1 aliphatic carbocycles. The summed E-state index contributed by atoms with van der Waals surface area (Å²) in [6, 6.07) is 14.3. The lowest BCUT2D eigenvalue weighted by molar-refractivity contribution is 0.0689. The summed E-state index contributed by atoms with van der Waals surface area (Å²) in [5.41, 5.74) is 3.51. The summed E-state index contributed by atoms with van der Waals surface area (Å²) < 4.78 is 5.91. The van der Waals surface area contributed by atoms with Gasteiger partial charge in [-0.1, -0.05) is 50.2 Å². The lowest BCUT2D eigenvalue weighted by Gasteiger charge is -2.35. The van der Waals surface area contributed by atoms with E-state index in [0.717, 1.165) is 61.9 Å². The van der Waals surface area contributed by atoms with Crippen LogP contribution >= 0.6 is 0 Å². The number of fused-ring (bicyclic) bond motifs is 1. The van der Waals surface area contributed by atoms with Gasteiger partial charge in [-0.25, -0.2) is 4.79 Å². The highest BCUT2D eigenvalue weighted by Gasteiger charge is 2.28. The number of nitrogens with zero attached hydrogens (tertiary/aromatic N) is 1. The van der Waals surface area contributed by atoms with Gasteiger partial charge >= 0.3 is 5.97 Å². The van der Waals surface area contributed by atoms with E-state index in [4.69, 9.17) is 4.74 Å². The Kier molecular flexibility index (Phi) is 7.10. The summed E-state index contributed by atoms with van der Waals surface area (Å²) >= 11 is 0. The van der Waals surface area contributed by atoms with Crippen LogP contribution in [0, 0.1) is 0 Å². The molecule has 2 aromatic rings. The first-order valence-corrected chi connectivity index (χ1v) is 10.4. The predicted octanol–water partition coefficient (Wildman–Crippen LogP) is 4.94. The summed E-state index contributed by atoms with van der Waals surface area (Å²) in [5.74, 6) is -0.412. The number of rotatable bonds is 9. The number of hydrogen-bond donors (Lipinski definition) is 1. The Hall–Kier alpha value is -2.33. The standard InChI is InChI=1S/C24H31NO3/c1-3-14-25(15-4-2)20-11-12-21-19(16-20)10-13-22(23(21)24(26)27)28-17-18-8-6-5-7-9-18/h5-10,13,20H,3-4,11-12,14-17H2,1-2H3,(H,26,27)/t20-/m0/s1. The lowest BCUT2D eigenvalue weighted by atomic mass is 9.84. The third kappa shape index (κ3) is 4.74. The van der Waals surface area contributed by atoms with E-state index in [9.17, 15) is 9.90 Å². The summed E-state index contributed by atoms with van der Waals surface area (Å²) in [5, 5.41) is 9.87. The van der Waals surface area contributed by atoms with Crippen LogP contribution in [0.3, 0.4) is 0 Å². The van der Waals surface area contributed by atoms with Crippen LogP contribution in [0.1, 0.15) is 60.2 Å². The van der Waals surface area contributed by atoms with Gasteiger partial charge in [0.2, 0.25) is 0 Å². The molecule has 0 heterocycles. The Balaban J connectivity index is 1.81. The highest BCUT2D eigenvalue weighted by Crippen LogP contribution is 2.33. The fraction of sp³-hybridized carbons (Fsp3) is 0.458. The largest absolute Gasteiger partial charge is 0.488 e. The van der Waals surface area contributed by atoms with Gasteiger partial charge < -0.3 is 14.7 Å². The molecule has 0 saturated heterocycles. The number of carboxylic acid groups (broad SMARTS) is 1. The highest BCUT2D eigenvalue weighted by atomic mass is 16.5. The number of carbonyl (C=O) groups is 1. The molecule has 0 unspecified atom stereocenters. The number of hydrogen-bond acceptors (Lipinski definition) is 3. The molecular weight excluding hydrogens is 350 g/mol. The van der Waals surface area contributed by atoms with Gasteiger partial charge in [-0.15, -0.1) is 0 Å². The monoisotopic (exact) mass is 381 g/mol. The van der Waals surface area contributed by atoms with Gasteiger partial charge in [0.25, 0.3) is 0 Å². The molecule has 1 N–H and O–H groups in total. The van der Waals surface area contributed by atoms with Crippen LogP contribution in [-0.2, 0) is 19.4 Å². The predicted molar refractivity (Wildman–Crippen MR) is 112 cm³/mol. The fourth-order valence-corrected chi connectivity index (χ4v) is 4.27. The van der Waals surface area contributed by atoms with E-state index < -0.39 is 5.97 Å². The van der Waals surface area contributed by atoms with Gasteiger partial charge in [0.1, 0.15) is 17.9 Å². The van der Waals surface area contributed by atoms with E-state index in [1.807, 2.05) is 36.4 Å². The van der Waals surface area contributed by atoms with Crippen LogP contribution in [-0.4, -0.2) is 35.1 Å². The normalized spacial score (nSPS) is 16.0. The van der Waals surface area contributed by atoms with E-state index in [-0.39, 0.29) is 0 Å². The smallest absolute Gasteiger partial charge is 0.339 e. The molecule has 1 atom stereocenters. The van der Waals surface area contributed by atoms with Crippen molar-refractivity contribution >= 4 is 5.97 Å². The van der Waals surface area contributed by atoms with Crippen molar-refractivity contribution in [2.24, 2.45) is 0 Å². The van der Waals surface area contributed by atoms with E-state index in [1.54, 1.807) is 0 Å². The second-order valence-electron chi connectivity index (χ2n) is 7.59. The molecule has 0 radical (unpaired) electrons. The topological polar surface area (TPSA) is 49.8 Å². The van der Waals surface area contributed by atoms with E-state index in [0.29, 0.717) is 24.0 Å². The quantitative estimate of drug-likeness (QED) is 0.668. The minimum atomic E-state index is -0.891. The van der Waals surface area contributed by atoms with Crippen molar-refractivity contribution in [1.29, 1.82) is 0 Å². The van der Waals surface area contributed by atoms with Crippen molar-refractivity contribution < 1.29 is 14.6 Å². The molecule has 0 amide bonds. The first-order chi connectivity index (χ1) is 13.6. The zero-order valence-corrected chi connectivity index (χ0v) is 17.0. The first kappa shape index (κ1) is 20.4. The Bertz CT molecular complexity index is 782. The van der Waals surface area contributed by atoms with Crippen LogP contribution in [0.2, 0.25) is 0 Å². The summed E-state index contributed by atoms with van der Waals surface area (Å²) in [7, 11) is 0. The van der Waals surface area contributed by atoms with Crippen molar-refractivity contribution in [3.8, 4) is 5.75 Å². The van der Waals surface area contributed by atoms with Gasteiger partial charge in [0.15, 0.2) is 0 Å². The van der Waals surface area contributed by atoms with E-state index in [2.05, 4.69) is 24.8 Å². The van der Waals surface area contributed by atoms with Crippen molar-refractivity contribution in [1.82, 2.24) is 4.90 Å². The van der Waals surface area contributed by atoms with Crippen LogP contribution < -0.4 is 4.74 Å². The average molecular weight is 382 g/mol. The van der Waals surface area contributed by atoms with Gasteiger partial charge in [-0.2, -0.15) is 0 Å². The zero-order chi connectivity index (χ0) is 19.9. The Morgan fingerprint density at radius 2 is 1.82 bits per heavy atom. The van der Waals surface area contributed by atoms with Crippen LogP contribution in [0.4, 0.5) is 0 Å². The third-order valence-electron chi connectivity index (χ3n) is 5.54. The molecule has 0 saturated carbocycles. The molecule has 28 heavy (non-hydrogen) atoms. The molecule has 0 aliphatic heterocycles. The van der Waals surface area contributed by atoms with Crippen molar-refractivity contribution in [2.75, 3.05) is 13.1 Å². The maximum absolute atomic E-state index is 12.0. The van der Waals surface area contributed by atoms with Crippen molar-refractivity contribution in [3.05, 3.63) is 64.7 Å². The minimum absolute atomic E-state index is 0.351. The molecule has 2 aromatic carbocycles. The van der Waals surface area contributed by atoms with E-state index in [1.165, 1.54) is 0 Å². The molecule has 0 fully saturated rings. The molecule has 0 aromatic heterocycles. The van der Waals surface area contributed by atoms with Crippen LogP contribution in [0.25, 0.3) is 0 Å². The Labute approximate surface area is 168 Å². The second kappa shape index (κ2) is 9.74.